The van der Waals surface area contributed by atoms with Crippen LogP contribution < -0.4 is 5.32 Å². The molecule has 20 heavy (non-hydrogen) atoms. The van der Waals surface area contributed by atoms with E-state index in [1.54, 1.807) is 0 Å². The van der Waals surface area contributed by atoms with Crippen molar-refractivity contribution in [2.24, 2.45) is 5.92 Å². The van der Waals surface area contributed by atoms with Gasteiger partial charge in [-0.25, -0.2) is 0 Å². The molecule has 1 N–H and O–H groups in total. The standard InChI is InChI=1S/C17H35N.C2H6/c1-2-3-4-5-6-7-8-9-10-11-12-17-13-15-18-16-14-17;1-2/h17-18H,2-16H2,1H3;1-2H3. The first-order chi connectivity index (χ1) is 9.93. The van der Waals surface area contributed by atoms with Crippen molar-refractivity contribution in [2.75, 3.05) is 13.1 Å². The molecule has 1 saturated heterocycles. The van der Waals surface area contributed by atoms with Crippen molar-refractivity contribution in [2.45, 2.75) is 104 Å². The molecule has 0 atom stereocenters. The smallest absolute Gasteiger partial charge is 0.00463 e. The fourth-order valence-corrected chi connectivity index (χ4v) is 3.09. The summed E-state index contributed by atoms with van der Waals surface area (Å²) in [7, 11) is 0. The molecule has 122 valence electrons. The van der Waals surface area contributed by atoms with E-state index in [1.165, 1.54) is 96.6 Å². The van der Waals surface area contributed by atoms with Crippen molar-refractivity contribution in [3.63, 3.8) is 0 Å². The molecule has 1 rings (SSSR count). The Hall–Kier alpha value is -0.0400. The lowest BCUT2D eigenvalue weighted by molar-refractivity contribution is 0.342. The summed E-state index contributed by atoms with van der Waals surface area (Å²) < 4.78 is 0. The third-order valence-electron chi connectivity index (χ3n) is 4.42. The van der Waals surface area contributed by atoms with Crippen LogP contribution >= 0.6 is 0 Å². The molecule has 1 fully saturated rings. The van der Waals surface area contributed by atoms with Gasteiger partial charge < -0.3 is 5.32 Å². The maximum atomic E-state index is 3.45. The van der Waals surface area contributed by atoms with Gasteiger partial charge in [-0.3, -0.25) is 0 Å². The lowest BCUT2D eigenvalue weighted by Gasteiger charge is -2.22. The van der Waals surface area contributed by atoms with E-state index in [4.69, 9.17) is 0 Å². The predicted octanol–water partition coefficient (Wildman–Crippen LogP) is 6.32. The highest BCUT2D eigenvalue weighted by atomic mass is 14.9. The summed E-state index contributed by atoms with van der Waals surface area (Å²) in [4.78, 5) is 0. The zero-order valence-corrected chi connectivity index (χ0v) is 14.7. The molecule has 0 aromatic carbocycles. The topological polar surface area (TPSA) is 12.0 Å². The number of rotatable bonds is 11. The van der Waals surface area contributed by atoms with Gasteiger partial charge in [0.1, 0.15) is 0 Å². The summed E-state index contributed by atoms with van der Waals surface area (Å²) in [5.41, 5.74) is 0. The molecule has 1 heteroatoms. The zero-order valence-electron chi connectivity index (χ0n) is 14.7. The van der Waals surface area contributed by atoms with Crippen LogP contribution in [0.1, 0.15) is 104 Å². The molecule has 0 aliphatic carbocycles. The van der Waals surface area contributed by atoms with E-state index in [2.05, 4.69) is 12.2 Å². The van der Waals surface area contributed by atoms with Gasteiger partial charge in [-0.2, -0.15) is 0 Å². The van der Waals surface area contributed by atoms with Crippen molar-refractivity contribution in [1.82, 2.24) is 5.32 Å². The lowest BCUT2D eigenvalue weighted by Crippen LogP contribution is -2.27. The number of hydrogen-bond donors (Lipinski definition) is 1. The maximum Gasteiger partial charge on any atom is -0.00463 e. The van der Waals surface area contributed by atoms with E-state index < -0.39 is 0 Å². The molecule has 1 aliphatic heterocycles. The average Bonchev–Trinajstić information content (AvgIpc) is 2.52. The van der Waals surface area contributed by atoms with Gasteiger partial charge in [-0.1, -0.05) is 91.4 Å². The van der Waals surface area contributed by atoms with Crippen molar-refractivity contribution in [1.29, 1.82) is 0 Å². The Labute approximate surface area is 129 Å². The third kappa shape index (κ3) is 13.0. The fourth-order valence-electron chi connectivity index (χ4n) is 3.09. The summed E-state index contributed by atoms with van der Waals surface area (Å²) in [6.45, 7) is 8.83. The SMILES string of the molecule is CC.CCCCCCCCCCCCC1CCNCC1. The molecule has 0 aromatic heterocycles. The Morgan fingerprint density at radius 1 is 0.700 bits per heavy atom. The number of unbranched alkanes of at least 4 members (excludes halogenated alkanes) is 9. The first-order valence-corrected chi connectivity index (χ1v) is 9.64. The minimum atomic E-state index is 1.04. The van der Waals surface area contributed by atoms with Crippen LogP contribution in [0.25, 0.3) is 0 Å². The Morgan fingerprint density at radius 2 is 1.15 bits per heavy atom. The summed E-state index contributed by atoms with van der Waals surface area (Å²) in [6.07, 6.45) is 19.0. The minimum absolute atomic E-state index is 1.04. The number of piperidine rings is 1. The van der Waals surface area contributed by atoms with Crippen LogP contribution in [0.15, 0.2) is 0 Å². The van der Waals surface area contributed by atoms with E-state index in [1.807, 2.05) is 13.8 Å². The molecule has 0 spiro atoms. The second kappa shape index (κ2) is 17.0. The molecule has 0 amide bonds. The van der Waals surface area contributed by atoms with Gasteiger partial charge in [-0.05, 0) is 31.8 Å². The van der Waals surface area contributed by atoms with E-state index >= 15 is 0 Å². The van der Waals surface area contributed by atoms with Gasteiger partial charge in [0.2, 0.25) is 0 Å². The molecule has 0 bridgehead atoms. The van der Waals surface area contributed by atoms with E-state index in [-0.39, 0.29) is 0 Å². The summed E-state index contributed by atoms with van der Waals surface area (Å²) >= 11 is 0. The Bertz CT molecular complexity index is 161. The van der Waals surface area contributed by atoms with E-state index in [0.29, 0.717) is 0 Å². The molecular weight excluding hydrogens is 242 g/mol. The molecule has 0 saturated carbocycles. The van der Waals surface area contributed by atoms with Crippen molar-refractivity contribution >= 4 is 0 Å². The van der Waals surface area contributed by atoms with Crippen LogP contribution in [0.5, 0.6) is 0 Å². The van der Waals surface area contributed by atoms with Crippen molar-refractivity contribution in [3.8, 4) is 0 Å². The van der Waals surface area contributed by atoms with Gasteiger partial charge in [-0.15, -0.1) is 0 Å². The van der Waals surface area contributed by atoms with E-state index in [0.717, 1.165) is 5.92 Å². The largest absolute Gasteiger partial charge is 0.317 e. The minimum Gasteiger partial charge on any atom is -0.317 e. The fraction of sp³-hybridized carbons (Fsp3) is 1.00. The second-order valence-electron chi connectivity index (χ2n) is 6.16. The summed E-state index contributed by atoms with van der Waals surface area (Å²) in [6, 6.07) is 0. The monoisotopic (exact) mass is 283 g/mol. The highest BCUT2D eigenvalue weighted by Crippen LogP contribution is 2.20. The van der Waals surface area contributed by atoms with Gasteiger partial charge in [0, 0.05) is 0 Å². The van der Waals surface area contributed by atoms with Gasteiger partial charge in [0.05, 0.1) is 0 Å². The Balaban J connectivity index is 0.00000172. The van der Waals surface area contributed by atoms with Crippen molar-refractivity contribution in [3.05, 3.63) is 0 Å². The van der Waals surface area contributed by atoms with Crippen LogP contribution in [-0.2, 0) is 0 Å². The molecule has 0 unspecified atom stereocenters. The zero-order chi connectivity index (χ0) is 14.9. The summed E-state index contributed by atoms with van der Waals surface area (Å²) in [5, 5.41) is 3.45. The highest BCUT2D eigenvalue weighted by Gasteiger charge is 2.11. The van der Waals surface area contributed by atoms with Gasteiger partial charge >= 0.3 is 0 Å². The van der Waals surface area contributed by atoms with Crippen molar-refractivity contribution < 1.29 is 0 Å². The normalized spacial score (nSPS) is 15.8. The first-order valence-electron chi connectivity index (χ1n) is 9.64. The average molecular weight is 284 g/mol. The quantitative estimate of drug-likeness (QED) is 0.437. The lowest BCUT2D eigenvalue weighted by atomic mass is 9.92. The van der Waals surface area contributed by atoms with Crippen LogP contribution in [0.2, 0.25) is 0 Å². The third-order valence-corrected chi connectivity index (χ3v) is 4.42. The molecule has 1 aliphatic rings. The Morgan fingerprint density at radius 3 is 1.65 bits per heavy atom. The number of nitrogens with one attached hydrogen (secondary N) is 1. The van der Waals surface area contributed by atoms with Crippen LogP contribution in [0.4, 0.5) is 0 Å². The molecule has 1 heterocycles. The van der Waals surface area contributed by atoms with Gasteiger partial charge in [0.25, 0.3) is 0 Å². The molecule has 0 radical (unpaired) electrons. The van der Waals surface area contributed by atoms with Crippen LogP contribution in [-0.4, -0.2) is 13.1 Å². The highest BCUT2D eigenvalue weighted by molar-refractivity contribution is 4.68. The first kappa shape index (κ1) is 20.0. The molecule has 1 nitrogen and oxygen atoms in total. The van der Waals surface area contributed by atoms with E-state index in [9.17, 15) is 0 Å². The Kier molecular flexibility index (Phi) is 17.0. The van der Waals surface area contributed by atoms with Gasteiger partial charge in [0.15, 0.2) is 0 Å². The van der Waals surface area contributed by atoms with Crippen LogP contribution in [0, 0.1) is 5.92 Å². The maximum absolute atomic E-state index is 3.45. The second-order valence-corrected chi connectivity index (χ2v) is 6.16. The molecule has 0 aromatic rings. The van der Waals surface area contributed by atoms with Crippen LogP contribution in [0.3, 0.4) is 0 Å². The summed E-state index contributed by atoms with van der Waals surface area (Å²) in [5.74, 6) is 1.04. The molecular formula is C19H41N. The number of hydrogen-bond acceptors (Lipinski definition) is 1. The predicted molar refractivity (Wildman–Crippen MR) is 93.4 cm³/mol.